The van der Waals surface area contributed by atoms with Crippen molar-refractivity contribution in [1.29, 1.82) is 0 Å². The van der Waals surface area contributed by atoms with Gasteiger partial charge in [-0.2, -0.15) is 0 Å². The summed E-state index contributed by atoms with van der Waals surface area (Å²) >= 11 is 0. The molecule has 4 aromatic heterocycles. The van der Waals surface area contributed by atoms with Crippen LogP contribution in [0.4, 0.5) is 0 Å². The Morgan fingerprint density at radius 2 is 0.800 bits per heavy atom. The number of pyridine rings is 2. The number of rotatable bonds is 6. The van der Waals surface area contributed by atoms with Crippen LogP contribution in [0.15, 0.2) is 164 Å². The largest absolute Gasteiger partial charge is 0.254 e. The van der Waals surface area contributed by atoms with Crippen LogP contribution in [0.5, 0.6) is 0 Å². The molecule has 0 saturated carbocycles. The standard InChI is InChI=1S/C43H27N7/c1-3-9-31(10-4-1)41-48-42(32-11-5-2-6-12-32)50-43(49-41)36-26-34(28-14-18-33(19-15-28)40-45-23-8-24-46-40)25-35(27-36)37-21-20-30-17-16-29-13-7-22-44-38(29)39(30)47-37/h1-27H. The quantitative estimate of drug-likeness (QED) is 0.167. The molecule has 0 aliphatic heterocycles. The summed E-state index contributed by atoms with van der Waals surface area (Å²) in [5.41, 5.74) is 9.15. The van der Waals surface area contributed by atoms with Gasteiger partial charge in [0, 0.05) is 57.2 Å². The van der Waals surface area contributed by atoms with Crippen LogP contribution in [0.25, 0.3) is 89.7 Å². The van der Waals surface area contributed by atoms with Crippen molar-refractivity contribution in [2.75, 3.05) is 0 Å². The molecule has 0 spiro atoms. The van der Waals surface area contributed by atoms with Crippen molar-refractivity contribution < 1.29 is 0 Å². The molecule has 0 aliphatic rings. The summed E-state index contributed by atoms with van der Waals surface area (Å²) in [6, 6.07) is 48.9. The highest BCUT2D eigenvalue weighted by atomic mass is 15.0. The summed E-state index contributed by atoms with van der Waals surface area (Å²) in [5.74, 6) is 2.47. The summed E-state index contributed by atoms with van der Waals surface area (Å²) in [7, 11) is 0. The van der Waals surface area contributed by atoms with Gasteiger partial charge in [-0.25, -0.2) is 29.9 Å². The predicted octanol–water partition coefficient (Wildman–Crippen LogP) is 9.76. The van der Waals surface area contributed by atoms with Crippen LogP contribution in [-0.4, -0.2) is 34.9 Å². The van der Waals surface area contributed by atoms with E-state index in [1.165, 1.54) is 0 Å². The molecule has 50 heavy (non-hydrogen) atoms. The molecular formula is C43H27N7. The zero-order valence-electron chi connectivity index (χ0n) is 26.7. The van der Waals surface area contributed by atoms with Crippen LogP contribution in [0, 0.1) is 0 Å². The Kier molecular flexibility index (Phi) is 7.33. The highest BCUT2D eigenvalue weighted by Crippen LogP contribution is 2.34. The van der Waals surface area contributed by atoms with E-state index < -0.39 is 0 Å². The lowest BCUT2D eigenvalue weighted by Gasteiger charge is -2.13. The highest BCUT2D eigenvalue weighted by molar-refractivity contribution is 6.03. The third-order valence-electron chi connectivity index (χ3n) is 8.66. The van der Waals surface area contributed by atoms with Crippen molar-refractivity contribution in [3.63, 3.8) is 0 Å². The first-order chi connectivity index (χ1) is 24.7. The topological polar surface area (TPSA) is 90.2 Å². The van der Waals surface area contributed by atoms with Gasteiger partial charge in [-0.05, 0) is 47.5 Å². The fourth-order valence-electron chi connectivity index (χ4n) is 6.15. The average Bonchev–Trinajstić information content (AvgIpc) is 3.21. The lowest BCUT2D eigenvalue weighted by atomic mass is 9.96. The first-order valence-corrected chi connectivity index (χ1v) is 16.3. The van der Waals surface area contributed by atoms with E-state index in [-0.39, 0.29) is 0 Å². The minimum absolute atomic E-state index is 0.572. The molecule has 4 heterocycles. The molecule has 0 fully saturated rings. The number of hydrogen-bond donors (Lipinski definition) is 0. The first-order valence-electron chi connectivity index (χ1n) is 16.3. The van der Waals surface area contributed by atoms with E-state index >= 15 is 0 Å². The van der Waals surface area contributed by atoms with Gasteiger partial charge in [0.05, 0.1) is 16.7 Å². The maximum atomic E-state index is 5.20. The minimum Gasteiger partial charge on any atom is -0.254 e. The summed E-state index contributed by atoms with van der Waals surface area (Å²) in [4.78, 5) is 33.7. The number of aromatic nitrogens is 7. The van der Waals surface area contributed by atoms with E-state index in [9.17, 15) is 0 Å². The van der Waals surface area contributed by atoms with Gasteiger partial charge in [-0.3, -0.25) is 4.98 Å². The van der Waals surface area contributed by atoms with Crippen LogP contribution in [0.1, 0.15) is 0 Å². The van der Waals surface area contributed by atoms with Crippen LogP contribution in [0.2, 0.25) is 0 Å². The monoisotopic (exact) mass is 641 g/mol. The average molecular weight is 642 g/mol. The molecule has 234 valence electrons. The molecule has 0 N–H and O–H groups in total. The van der Waals surface area contributed by atoms with E-state index in [2.05, 4.69) is 75.6 Å². The zero-order valence-corrected chi connectivity index (χ0v) is 26.7. The summed E-state index contributed by atoms with van der Waals surface area (Å²) in [6.07, 6.45) is 5.32. The number of fused-ring (bicyclic) bond motifs is 3. The maximum Gasteiger partial charge on any atom is 0.164 e. The van der Waals surface area contributed by atoms with E-state index in [0.717, 1.165) is 66.4 Å². The van der Waals surface area contributed by atoms with Gasteiger partial charge in [0.1, 0.15) is 0 Å². The molecule has 9 rings (SSSR count). The molecule has 0 aliphatic carbocycles. The Balaban J connectivity index is 1.25. The van der Waals surface area contributed by atoms with E-state index in [4.69, 9.17) is 19.9 Å². The van der Waals surface area contributed by atoms with Gasteiger partial charge >= 0.3 is 0 Å². The molecule has 7 heteroatoms. The number of nitrogens with zero attached hydrogens (tertiary/aromatic N) is 7. The molecular weight excluding hydrogens is 615 g/mol. The minimum atomic E-state index is 0.572. The fraction of sp³-hybridized carbons (Fsp3) is 0. The lowest BCUT2D eigenvalue weighted by Crippen LogP contribution is -2.00. The van der Waals surface area contributed by atoms with Gasteiger partial charge < -0.3 is 0 Å². The molecule has 7 nitrogen and oxygen atoms in total. The van der Waals surface area contributed by atoms with Gasteiger partial charge in [0.25, 0.3) is 0 Å². The van der Waals surface area contributed by atoms with Gasteiger partial charge in [0.15, 0.2) is 23.3 Å². The fourth-order valence-corrected chi connectivity index (χ4v) is 6.15. The van der Waals surface area contributed by atoms with Crippen LogP contribution in [0.3, 0.4) is 0 Å². The van der Waals surface area contributed by atoms with Crippen LogP contribution >= 0.6 is 0 Å². The van der Waals surface area contributed by atoms with Gasteiger partial charge in [-0.15, -0.1) is 0 Å². The molecule has 0 radical (unpaired) electrons. The van der Waals surface area contributed by atoms with E-state index in [0.29, 0.717) is 23.3 Å². The highest BCUT2D eigenvalue weighted by Gasteiger charge is 2.16. The van der Waals surface area contributed by atoms with E-state index in [1.54, 1.807) is 12.4 Å². The van der Waals surface area contributed by atoms with Gasteiger partial charge in [0.2, 0.25) is 0 Å². The second-order valence-electron chi connectivity index (χ2n) is 11.9. The maximum absolute atomic E-state index is 5.20. The van der Waals surface area contributed by atoms with Gasteiger partial charge in [-0.1, -0.05) is 109 Å². The van der Waals surface area contributed by atoms with Crippen LogP contribution < -0.4 is 0 Å². The Labute approximate surface area is 288 Å². The molecule has 0 bridgehead atoms. The molecule has 0 unspecified atom stereocenters. The molecule has 9 aromatic rings. The number of benzene rings is 5. The Morgan fingerprint density at radius 1 is 0.280 bits per heavy atom. The first kappa shape index (κ1) is 29.2. The lowest BCUT2D eigenvalue weighted by molar-refractivity contribution is 1.07. The zero-order chi connectivity index (χ0) is 33.3. The van der Waals surface area contributed by atoms with Crippen molar-refractivity contribution >= 4 is 21.8 Å². The summed E-state index contributed by atoms with van der Waals surface area (Å²) in [6.45, 7) is 0. The molecule has 0 amide bonds. The van der Waals surface area contributed by atoms with Crippen LogP contribution in [-0.2, 0) is 0 Å². The van der Waals surface area contributed by atoms with Crippen molar-refractivity contribution in [2.24, 2.45) is 0 Å². The Hall–Kier alpha value is -6.99. The van der Waals surface area contributed by atoms with Crippen molar-refractivity contribution in [2.45, 2.75) is 0 Å². The number of hydrogen-bond acceptors (Lipinski definition) is 7. The molecule has 0 saturated heterocycles. The molecule has 0 atom stereocenters. The predicted molar refractivity (Wildman–Crippen MR) is 199 cm³/mol. The normalized spacial score (nSPS) is 11.2. The van der Waals surface area contributed by atoms with E-state index in [1.807, 2.05) is 91.1 Å². The Morgan fingerprint density at radius 3 is 1.48 bits per heavy atom. The summed E-state index contributed by atoms with van der Waals surface area (Å²) in [5, 5.41) is 2.08. The Bertz CT molecular complexity index is 2570. The second-order valence-corrected chi connectivity index (χ2v) is 11.9. The smallest absolute Gasteiger partial charge is 0.164 e. The van der Waals surface area contributed by atoms with Crippen molar-refractivity contribution in [3.05, 3.63) is 164 Å². The second kappa shape index (κ2) is 12.6. The molecule has 5 aromatic carbocycles. The third kappa shape index (κ3) is 5.63. The van der Waals surface area contributed by atoms with Crippen molar-refractivity contribution in [3.8, 4) is 67.9 Å². The third-order valence-corrected chi connectivity index (χ3v) is 8.66. The SMILES string of the molecule is c1ccc(-c2nc(-c3ccccc3)nc(-c3cc(-c4ccc(-c5ncccn5)cc4)cc(-c4ccc5ccc6cccnc6c5n4)c3)n2)cc1. The summed E-state index contributed by atoms with van der Waals surface area (Å²) < 4.78 is 0. The van der Waals surface area contributed by atoms with Crippen molar-refractivity contribution in [1.82, 2.24) is 34.9 Å².